The zero-order valence-electron chi connectivity index (χ0n) is 11.3. The number of aryl methyl sites for hydroxylation is 2. The van der Waals surface area contributed by atoms with Crippen molar-refractivity contribution in [2.75, 3.05) is 25.0 Å². The minimum absolute atomic E-state index is 0.106. The molecule has 0 radical (unpaired) electrons. The number of amides is 1. The summed E-state index contributed by atoms with van der Waals surface area (Å²) in [4.78, 5) is 14.3. The quantitative estimate of drug-likeness (QED) is 0.889. The van der Waals surface area contributed by atoms with Gasteiger partial charge in [0.15, 0.2) is 0 Å². The lowest BCUT2D eigenvalue weighted by Crippen LogP contribution is -2.37. The number of para-hydroxylation sites is 1. The largest absolute Gasteiger partial charge is 0.324 e. The van der Waals surface area contributed by atoms with Gasteiger partial charge in [-0.2, -0.15) is 0 Å². The summed E-state index contributed by atoms with van der Waals surface area (Å²) >= 11 is 0. The number of nitrogens with zero attached hydrogens (tertiary/aromatic N) is 1. The van der Waals surface area contributed by atoms with Crippen molar-refractivity contribution in [3.63, 3.8) is 0 Å². The van der Waals surface area contributed by atoms with Gasteiger partial charge in [-0.05, 0) is 50.9 Å². The van der Waals surface area contributed by atoms with Crippen molar-refractivity contribution < 1.29 is 4.79 Å². The number of benzene rings is 1. The van der Waals surface area contributed by atoms with Crippen molar-refractivity contribution >= 4 is 11.6 Å². The summed E-state index contributed by atoms with van der Waals surface area (Å²) in [6.45, 7) is 6.70. The van der Waals surface area contributed by atoms with Gasteiger partial charge in [0.25, 0.3) is 0 Å². The Morgan fingerprint density at radius 2 is 1.78 bits per heavy atom. The third-order valence-electron chi connectivity index (χ3n) is 3.56. The zero-order chi connectivity index (χ0) is 13.0. The minimum Gasteiger partial charge on any atom is -0.324 e. The highest BCUT2D eigenvalue weighted by Crippen LogP contribution is 2.19. The third kappa shape index (κ3) is 3.33. The summed E-state index contributed by atoms with van der Waals surface area (Å²) in [6, 6.07) is 6.08. The Morgan fingerprint density at radius 1 is 1.17 bits per heavy atom. The van der Waals surface area contributed by atoms with Crippen molar-refractivity contribution in [3.05, 3.63) is 29.3 Å². The molecule has 1 amide bonds. The number of anilines is 1. The minimum atomic E-state index is 0.106. The molecule has 3 heteroatoms. The van der Waals surface area contributed by atoms with Crippen molar-refractivity contribution in [2.45, 2.75) is 33.1 Å². The van der Waals surface area contributed by atoms with Crippen molar-refractivity contribution in [1.29, 1.82) is 0 Å². The monoisotopic (exact) mass is 246 g/mol. The highest BCUT2D eigenvalue weighted by atomic mass is 16.2. The second-order valence-corrected chi connectivity index (χ2v) is 5.15. The molecule has 2 rings (SSSR count). The molecule has 18 heavy (non-hydrogen) atoms. The predicted octanol–water partition coefficient (Wildman–Crippen LogP) is 2.73. The van der Waals surface area contributed by atoms with Crippen LogP contribution >= 0.6 is 0 Å². The first kappa shape index (κ1) is 13.1. The Morgan fingerprint density at radius 3 is 2.39 bits per heavy atom. The number of hydrogen-bond acceptors (Lipinski definition) is 2. The van der Waals surface area contributed by atoms with Crippen LogP contribution in [-0.2, 0) is 4.79 Å². The van der Waals surface area contributed by atoms with Crippen LogP contribution in [0.2, 0.25) is 0 Å². The van der Waals surface area contributed by atoms with E-state index in [9.17, 15) is 4.79 Å². The van der Waals surface area contributed by atoms with Gasteiger partial charge in [-0.15, -0.1) is 0 Å². The summed E-state index contributed by atoms with van der Waals surface area (Å²) in [5, 5.41) is 3.05. The number of piperidine rings is 1. The molecule has 1 saturated heterocycles. The maximum absolute atomic E-state index is 12.0. The topological polar surface area (TPSA) is 32.3 Å². The second-order valence-electron chi connectivity index (χ2n) is 5.15. The number of carbonyl (C=O) groups is 1. The van der Waals surface area contributed by atoms with Crippen LogP contribution < -0.4 is 5.32 Å². The molecule has 1 aromatic carbocycles. The zero-order valence-corrected chi connectivity index (χ0v) is 11.3. The van der Waals surface area contributed by atoms with Gasteiger partial charge in [0, 0.05) is 5.69 Å². The molecule has 1 fully saturated rings. The molecule has 0 aromatic heterocycles. The number of rotatable bonds is 3. The number of hydrogen-bond donors (Lipinski definition) is 1. The van der Waals surface area contributed by atoms with E-state index in [0.717, 1.165) is 29.9 Å². The molecule has 0 unspecified atom stereocenters. The van der Waals surface area contributed by atoms with E-state index in [1.54, 1.807) is 0 Å². The van der Waals surface area contributed by atoms with Crippen LogP contribution in [0, 0.1) is 13.8 Å². The van der Waals surface area contributed by atoms with Crippen LogP contribution in [0.25, 0.3) is 0 Å². The van der Waals surface area contributed by atoms with Crippen LogP contribution in [0.5, 0.6) is 0 Å². The molecule has 1 aliphatic rings. The molecule has 1 aromatic rings. The first-order valence-corrected chi connectivity index (χ1v) is 6.75. The molecule has 0 aliphatic carbocycles. The maximum atomic E-state index is 12.0. The van der Waals surface area contributed by atoms with Crippen molar-refractivity contribution in [2.24, 2.45) is 0 Å². The van der Waals surface area contributed by atoms with E-state index in [1.165, 1.54) is 19.3 Å². The molecule has 1 heterocycles. The molecule has 1 N–H and O–H groups in total. The highest BCUT2D eigenvalue weighted by molar-refractivity contribution is 5.93. The molecule has 98 valence electrons. The molecule has 0 bridgehead atoms. The van der Waals surface area contributed by atoms with Crippen LogP contribution in [-0.4, -0.2) is 30.4 Å². The van der Waals surface area contributed by atoms with E-state index in [0.29, 0.717) is 6.54 Å². The summed E-state index contributed by atoms with van der Waals surface area (Å²) in [5.74, 6) is 0.106. The predicted molar refractivity (Wildman–Crippen MR) is 74.8 cm³/mol. The van der Waals surface area contributed by atoms with E-state index in [1.807, 2.05) is 32.0 Å². The molecular weight excluding hydrogens is 224 g/mol. The molecule has 0 atom stereocenters. The van der Waals surface area contributed by atoms with Gasteiger partial charge in [0.05, 0.1) is 6.54 Å². The summed E-state index contributed by atoms with van der Waals surface area (Å²) in [5.41, 5.74) is 3.23. The Balaban J connectivity index is 1.94. The standard InChI is InChI=1S/C15H22N2O/c1-12-7-6-8-13(2)15(12)16-14(18)11-17-9-4-3-5-10-17/h6-8H,3-5,9-11H2,1-2H3,(H,16,18). The molecule has 0 spiro atoms. The average molecular weight is 246 g/mol. The van der Waals surface area contributed by atoms with Gasteiger partial charge in [0.2, 0.25) is 5.91 Å². The lowest BCUT2D eigenvalue weighted by Gasteiger charge is -2.25. The first-order valence-electron chi connectivity index (χ1n) is 6.75. The van der Waals surface area contributed by atoms with Gasteiger partial charge in [-0.3, -0.25) is 9.69 Å². The SMILES string of the molecule is Cc1cccc(C)c1NC(=O)CN1CCCCC1. The molecule has 0 saturated carbocycles. The summed E-state index contributed by atoms with van der Waals surface area (Å²) < 4.78 is 0. The first-order chi connectivity index (χ1) is 8.66. The number of carbonyl (C=O) groups excluding carboxylic acids is 1. The smallest absolute Gasteiger partial charge is 0.238 e. The Kier molecular flexibility index (Phi) is 4.37. The maximum Gasteiger partial charge on any atom is 0.238 e. The second kappa shape index (κ2) is 6.01. The Hall–Kier alpha value is -1.35. The van der Waals surface area contributed by atoms with Crippen LogP contribution in [0.3, 0.4) is 0 Å². The molecule has 1 aliphatic heterocycles. The Bertz CT molecular complexity index is 402. The van der Waals surface area contributed by atoms with E-state index in [-0.39, 0.29) is 5.91 Å². The lowest BCUT2D eigenvalue weighted by molar-refractivity contribution is -0.117. The summed E-state index contributed by atoms with van der Waals surface area (Å²) in [6.07, 6.45) is 3.74. The fraction of sp³-hybridized carbons (Fsp3) is 0.533. The van der Waals surface area contributed by atoms with E-state index in [2.05, 4.69) is 10.2 Å². The fourth-order valence-electron chi connectivity index (χ4n) is 2.51. The molecular formula is C15H22N2O. The van der Waals surface area contributed by atoms with Crippen LogP contribution in [0.15, 0.2) is 18.2 Å². The normalized spacial score (nSPS) is 16.6. The number of nitrogens with one attached hydrogen (secondary N) is 1. The van der Waals surface area contributed by atoms with Gasteiger partial charge in [0.1, 0.15) is 0 Å². The van der Waals surface area contributed by atoms with Gasteiger partial charge >= 0.3 is 0 Å². The van der Waals surface area contributed by atoms with Crippen molar-refractivity contribution in [1.82, 2.24) is 4.90 Å². The Labute approximate surface area is 109 Å². The van der Waals surface area contributed by atoms with Crippen molar-refractivity contribution in [3.8, 4) is 0 Å². The highest BCUT2D eigenvalue weighted by Gasteiger charge is 2.14. The van der Waals surface area contributed by atoms with Gasteiger partial charge in [-0.1, -0.05) is 24.6 Å². The van der Waals surface area contributed by atoms with Crippen LogP contribution in [0.4, 0.5) is 5.69 Å². The molecule has 3 nitrogen and oxygen atoms in total. The third-order valence-corrected chi connectivity index (χ3v) is 3.56. The average Bonchev–Trinajstić information content (AvgIpc) is 2.35. The van der Waals surface area contributed by atoms with Crippen LogP contribution in [0.1, 0.15) is 30.4 Å². The lowest BCUT2D eigenvalue weighted by atomic mass is 10.1. The van der Waals surface area contributed by atoms with Gasteiger partial charge in [-0.25, -0.2) is 0 Å². The number of likely N-dealkylation sites (tertiary alicyclic amines) is 1. The fourth-order valence-corrected chi connectivity index (χ4v) is 2.51. The van der Waals surface area contributed by atoms with E-state index in [4.69, 9.17) is 0 Å². The van der Waals surface area contributed by atoms with E-state index < -0.39 is 0 Å². The van der Waals surface area contributed by atoms with Gasteiger partial charge < -0.3 is 5.32 Å². The summed E-state index contributed by atoms with van der Waals surface area (Å²) in [7, 11) is 0. The van der Waals surface area contributed by atoms with E-state index >= 15 is 0 Å².